The number of benzene rings is 1. The molecular formula is C17H23BrO3. The van der Waals surface area contributed by atoms with Gasteiger partial charge in [0, 0.05) is 4.47 Å². The first-order valence-electron chi connectivity index (χ1n) is 7.58. The second kappa shape index (κ2) is 6.82. The Bertz CT molecular complexity index is 513. The Hall–Kier alpha value is -1.03. The van der Waals surface area contributed by atoms with Crippen LogP contribution in [0.1, 0.15) is 50.4 Å². The van der Waals surface area contributed by atoms with Gasteiger partial charge in [0.05, 0.1) is 0 Å². The monoisotopic (exact) mass is 354 g/mol. The lowest BCUT2D eigenvalue weighted by molar-refractivity contribution is 0.0436. The molecule has 3 nitrogen and oxygen atoms in total. The summed E-state index contributed by atoms with van der Waals surface area (Å²) in [4.78, 5) is 11.4. The molecule has 0 aliphatic heterocycles. The zero-order chi connectivity index (χ0) is 15.6. The zero-order valence-electron chi connectivity index (χ0n) is 12.8. The molecule has 0 radical (unpaired) electrons. The molecule has 1 N–H and O–H groups in total. The molecule has 21 heavy (non-hydrogen) atoms. The second-order valence-electron chi connectivity index (χ2n) is 6.43. The average Bonchev–Trinajstić information content (AvgIpc) is 2.38. The smallest absolute Gasteiger partial charge is 0.339 e. The number of hydrogen-bond donors (Lipinski definition) is 1. The molecule has 1 saturated carbocycles. The van der Waals surface area contributed by atoms with Gasteiger partial charge in [-0.05, 0) is 48.8 Å². The van der Waals surface area contributed by atoms with Gasteiger partial charge in [-0.3, -0.25) is 0 Å². The molecule has 2 rings (SSSR count). The van der Waals surface area contributed by atoms with Crippen molar-refractivity contribution in [3.63, 3.8) is 0 Å². The standard InChI is InChI=1S/C17H23BrO3/c1-10(2)13-6-4-11(3)8-15(13)21-16-9-12(18)5-7-14(16)17(19)20/h5,7,9-11,13,15H,4,6,8H2,1-3H3,(H,19,20)/t11-,13+,15-/m1/s1. The highest BCUT2D eigenvalue weighted by Crippen LogP contribution is 2.37. The molecular weight excluding hydrogens is 332 g/mol. The van der Waals surface area contributed by atoms with Crippen molar-refractivity contribution in [2.45, 2.75) is 46.1 Å². The van der Waals surface area contributed by atoms with E-state index in [1.54, 1.807) is 18.2 Å². The van der Waals surface area contributed by atoms with Gasteiger partial charge < -0.3 is 9.84 Å². The molecule has 3 atom stereocenters. The van der Waals surface area contributed by atoms with E-state index in [4.69, 9.17) is 4.74 Å². The summed E-state index contributed by atoms with van der Waals surface area (Å²) in [7, 11) is 0. The highest BCUT2D eigenvalue weighted by atomic mass is 79.9. The Morgan fingerprint density at radius 2 is 2.10 bits per heavy atom. The van der Waals surface area contributed by atoms with Crippen LogP contribution in [0.3, 0.4) is 0 Å². The van der Waals surface area contributed by atoms with E-state index < -0.39 is 5.97 Å². The van der Waals surface area contributed by atoms with Crippen molar-refractivity contribution < 1.29 is 14.6 Å². The van der Waals surface area contributed by atoms with Gasteiger partial charge >= 0.3 is 5.97 Å². The molecule has 4 heteroatoms. The van der Waals surface area contributed by atoms with Crippen LogP contribution in [0.15, 0.2) is 22.7 Å². The van der Waals surface area contributed by atoms with E-state index in [0.29, 0.717) is 23.5 Å². The molecule has 1 fully saturated rings. The van der Waals surface area contributed by atoms with E-state index in [1.165, 1.54) is 6.42 Å². The lowest BCUT2D eigenvalue weighted by Gasteiger charge is -2.37. The van der Waals surface area contributed by atoms with Crippen molar-refractivity contribution in [1.82, 2.24) is 0 Å². The van der Waals surface area contributed by atoms with E-state index in [9.17, 15) is 9.90 Å². The van der Waals surface area contributed by atoms with Crippen molar-refractivity contribution >= 4 is 21.9 Å². The quantitative estimate of drug-likeness (QED) is 0.828. The molecule has 0 saturated heterocycles. The third-order valence-corrected chi connectivity index (χ3v) is 4.91. The fourth-order valence-electron chi connectivity index (χ4n) is 3.18. The van der Waals surface area contributed by atoms with Gasteiger partial charge in [0.25, 0.3) is 0 Å². The van der Waals surface area contributed by atoms with Gasteiger partial charge in [-0.1, -0.05) is 43.1 Å². The van der Waals surface area contributed by atoms with Crippen LogP contribution in [0.5, 0.6) is 5.75 Å². The highest BCUT2D eigenvalue weighted by molar-refractivity contribution is 9.10. The van der Waals surface area contributed by atoms with Crippen LogP contribution in [0.25, 0.3) is 0 Å². The number of rotatable bonds is 4. The van der Waals surface area contributed by atoms with E-state index >= 15 is 0 Å². The van der Waals surface area contributed by atoms with E-state index in [0.717, 1.165) is 17.3 Å². The molecule has 1 aliphatic carbocycles. The SMILES string of the molecule is CC(C)[C@@H]1CC[C@@H](C)C[C@H]1Oc1cc(Br)ccc1C(=O)O. The van der Waals surface area contributed by atoms with Gasteiger partial charge in [0.2, 0.25) is 0 Å². The molecule has 1 aromatic rings. The van der Waals surface area contributed by atoms with Gasteiger partial charge in [-0.15, -0.1) is 0 Å². The Kier molecular flexibility index (Phi) is 5.31. The summed E-state index contributed by atoms with van der Waals surface area (Å²) in [5.41, 5.74) is 0.235. The number of carboxylic acid groups (broad SMARTS) is 1. The van der Waals surface area contributed by atoms with Crippen LogP contribution in [0.4, 0.5) is 0 Å². The number of carboxylic acids is 1. The first-order chi connectivity index (χ1) is 9.88. The van der Waals surface area contributed by atoms with Crippen molar-refractivity contribution in [1.29, 1.82) is 0 Å². The van der Waals surface area contributed by atoms with Crippen LogP contribution in [-0.2, 0) is 0 Å². The molecule has 0 heterocycles. The lowest BCUT2D eigenvalue weighted by atomic mass is 9.75. The fourth-order valence-corrected chi connectivity index (χ4v) is 3.52. The third kappa shape index (κ3) is 4.00. The number of ether oxygens (including phenoxy) is 1. The minimum atomic E-state index is -0.942. The number of halogens is 1. The van der Waals surface area contributed by atoms with Gasteiger partial charge in [0.15, 0.2) is 0 Å². The molecule has 0 amide bonds. The summed E-state index contributed by atoms with van der Waals surface area (Å²) in [6, 6.07) is 5.10. The van der Waals surface area contributed by atoms with Crippen LogP contribution in [0, 0.1) is 17.8 Å². The number of carbonyl (C=O) groups is 1. The molecule has 0 aromatic heterocycles. The Morgan fingerprint density at radius 3 is 2.71 bits per heavy atom. The molecule has 116 valence electrons. The number of hydrogen-bond acceptors (Lipinski definition) is 2. The molecule has 0 bridgehead atoms. The van der Waals surface area contributed by atoms with Crippen molar-refractivity contribution in [3.8, 4) is 5.75 Å². The summed E-state index contributed by atoms with van der Waals surface area (Å²) in [5.74, 6) is 1.19. The van der Waals surface area contributed by atoms with Crippen LogP contribution < -0.4 is 4.74 Å². The van der Waals surface area contributed by atoms with Crippen LogP contribution in [-0.4, -0.2) is 17.2 Å². The van der Waals surface area contributed by atoms with Crippen molar-refractivity contribution in [2.24, 2.45) is 17.8 Å². The van der Waals surface area contributed by atoms with Gasteiger partial charge in [-0.25, -0.2) is 4.79 Å². The largest absolute Gasteiger partial charge is 0.489 e. The topological polar surface area (TPSA) is 46.5 Å². The zero-order valence-corrected chi connectivity index (χ0v) is 14.4. The molecule has 0 spiro atoms. The molecule has 1 aromatic carbocycles. The lowest BCUT2D eigenvalue weighted by Crippen LogP contribution is -2.36. The van der Waals surface area contributed by atoms with Crippen LogP contribution in [0.2, 0.25) is 0 Å². The summed E-state index contributed by atoms with van der Waals surface area (Å²) in [6.45, 7) is 6.68. The normalized spacial score (nSPS) is 25.9. The maximum absolute atomic E-state index is 11.4. The second-order valence-corrected chi connectivity index (χ2v) is 7.34. The van der Waals surface area contributed by atoms with Crippen molar-refractivity contribution in [2.75, 3.05) is 0 Å². The summed E-state index contributed by atoms with van der Waals surface area (Å²) >= 11 is 3.39. The minimum absolute atomic E-state index is 0.0983. The summed E-state index contributed by atoms with van der Waals surface area (Å²) in [5, 5.41) is 9.32. The molecule has 1 aliphatic rings. The maximum Gasteiger partial charge on any atom is 0.339 e. The predicted molar refractivity (Wildman–Crippen MR) is 86.9 cm³/mol. The average molecular weight is 355 g/mol. The van der Waals surface area contributed by atoms with E-state index in [2.05, 4.69) is 36.7 Å². The van der Waals surface area contributed by atoms with E-state index in [1.807, 2.05) is 0 Å². The summed E-state index contributed by atoms with van der Waals surface area (Å²) < 4.78 is 7.00. The highest BCUT2D eigenvalue weighted by Gasteiger charge is 2.33. The summed E-state index contributed by atoms with van der Waals surface area (Å²) in [6.07, 6.45) is 3.47. The Balaban J connectivity index is 2.26. The third-order valence-electron chi connectivity index (χ3n) is 4.41. The number of aromatic carboxylic acids is 1. The van der Waals surface area contributed by atoms with Crippen LogP contribution >= 0.6 is 15.9 Å². The minimum Gasteiger partial charge on any atom is -0.489 e. The Morgan fingerprint density at radius 1 is 1.38 bits per heavy atom. The van der Waals surface area contributed by atoms with Crippen molar-refractivity contribution in [3.05, 3.63) is 28.2 Å². The fraction of sp³-hybridized carbons (Fsp3) is 0.588. The maximum atomic E-state index is 11.4. The predicted octanol–water partition coefficient (Wildman–Crippen LogP) is 4.99. The van der Waals surface area contributed by atoms with E-state index in [-0.39, 0.29) is 11.7 Å². The van der Waals surface area contributed by atoms with Gasteiger partial charge in [0.1, 0.15) is 17.4 Å². The Labute approximate surface area is 134 Å². The first kappa shape index (κ1) is 16.3. The van der Waals surface area contributed by atoms with Gasteiger partial charge in [-0.2, -0.15) is 0 Å². The molecule has 0 unspecified atom stereocenters. The first-order valence-corrected chi connectivity index (χ1v) is 8.37.